The molecular weight excluding hydrogens is 372 g/mol. The number of hydrogen-bond acceptors (Lipinski definition) is 2. The van der Waals surface area contributed by atoms with Crippen LogP contribution in [0.4, 0.5) is 0 Å². The summed E-state index contributed by atoms with van der Waals surface area (Å²) in [5, 5.41) is 19.3. The molecule has 0 aliphatic heterocycles. The lowest BCUT2D eigenvalue weighted by atomic mass is 9.99. The van der Waals surface area contributed by atoms with Crippen molar-refractivity contribution in [3.8, 4) is 11.5 Å². The van der Waals surface area contributed by atoms with Crippen LogP contribution < -0.4 is 0 Å². The van der Waals surface area contributed by atoms with Gasteiger partial charge in [-0.15, -0.1) is 0 Å². The summed E-state index contributed by atoms with van der Waals surface area (Å²) in [7, 11) is 0. The highest BCUT2D eigenvalue weighted by Gasteiger charge is 2.16. The van der Waals surface area contributed by atoms with Crippen molar-refractivity contribution in [2.75, 3.05) is 0 Å². The molecule has 2 N–H and O–H groups in total. The fourth-order valence-corrected chi connectivity index (χ4v) is 3.33. The Balaban J connectivity index is 2.48. The smallest absolute Gasteiger partial charge is 0.123 e. The number of phenols is 2. The van der Waals surface area contributed by atoms with Gasteiger partial charge in [0.15, 0.2) is 0 Å². The van der Waals surface area contributed by atoms with Crippen LogP contribution in [-0.2, 0) is 6.42 Å². The van der Waals surface area contributed by atoms with Gasteiger partial charge in [-0.05, 0) is 43.5 Å². The molecule has 0 spiro atoms. The van der Waals surface area contributed by atoms with Crippen molar-refractivity contribution in [3.05, 3.63) is 55.5 Å². The lowest BCUT2D eigenvalue weighted by Crippen LogP contribution is -1.97. The van der Waals surface area contributed by atoms with Gasteiger partial charge in [-0.3, -0.25) is 0 Å². The van der Waals surface area contributed by atoms with Gasteiger partial charge < -0.3 is 10.2 Å². The monoisotopic (exact) mass is 384 g/mol. The van der Waals surface area contributed by atoms with E-state index in [2.05, 4.69) is 31.9 Å². The maximum Gasteiger partial charge on any atom is 0.123 e. The molecule has 4 heteroatoms. The molecule has 2 rings (SSSR count). The second-order valence-corrected chi connectivity index (χ2v) is 6.13. The zero-order chi connectivity index (χ0) is 14.2. The fourth-order valence-electron chi connectivity index (χ4n) is 2.01. The molecule has 0 fully saturated rings. The SMILES string of the molecule is Cc1c(O)c(C)c(Br)c(Cc2ccc(O)cc2)c1Br. The first-order valence-corrected chi connectivity index (χ1v) is 7.44. The lowest BCUT2D eigenvalue weighted by molar-refractivity contribution is 0.465. The number of halogens is 2. The molecule has 0 saturated heterocycles. The van der Waals surface area contributed by atoms with Crippen LogP contribution in [0.15, 0.2) is 33.2 Å². The number of benzene rings is 2. The largest absolute Gasteiger partial charge is 0.508 e. The predicted molar refractivity (Wildman–Crippen MR) is 83.9 cm³/mol. The Morgan fingerprint density at radius 3 is 1.84 bits per heavy atom. The molecule has 0 heterocycles. The van der Waals surface area contributed by atoms with E-state index in [4.69, 9.17) is 0 Å². The summed E-state index contributed by atoms with van der Waals surface area (Å²) in [5.41, 5.74) is 3.88. The summed E-state index contributed by atoms with van der Waals surface area (Å²) in [6, 6.07) is 7.14. The number of rotatable bonds is 2. The average molecular weight is 386 g/mol. The lowest BCUT2D eigenvalue weighted by Gasteiger charge is -2.15. The van der Waals surface area contributed by atoms with Crippen molar-refractivity contribution in [1.29, 1.82) is 0 Å². The number of hydrogen-bond donors (Lipinski definition) is 2. The van der Waals surface area contributed by atoms with Crippen molar-refractivity contribution in [2.24, 2.45) is 0 Å². The Morgan fingerprint density at radius 2 is 1.37 bits per heavy atom. The summed E-state index contributed by atoms with van der Waals surface area (Å²) in [5.74, 6) is 0.577. The Morgan fingerprint density at radius 1 is 0.895 bits per heavy atom. The molecule has 0 saturated carbocycles. The van der Waals surface area contributed by atoms with Crippen LogP contribution in [0, 0.1) is 13.8 Å². The van der Waals surface area contributed by atoms with Gasteiger partial charge in [0.25, 0.3) is 0 Å². The van der Waals surface area contributed by atoms with Gasteiger partial charge in [0.05, 0.1) is 0 Å². The molecule has 0 aliphatic rings. The molecule has 0 atom stereocenters. The van der Waals surface area contributed by atoms with E-state index >= 15 is 0 Å². The van der Waals surface area contributed by atoms with Gasteiger partial charge in [0.1, 0.15) is 11.5 Å². The van der Waals surface area contributed by atoms with E-state index in [1.807, 2.05) is 26.0 Å². The van der Waals surface area contributed by atoms with Crippen LogP contribution in [-0.4, -0.2) is 10.2 Å². The van der Waals surface area contributed by atoms with Crippen LogP contribution in [0.25, 0.3) is 0 Å². The minimum Gasteiger partial charge on any atom is -0.508 e. The first-order chi connectivity index (χ1) is 8.91. The van der Waals surface area contributed by atoms with Gasteiger partial charge in [-0.1, -0.05) is 44.0 Å². The number of aromatic hydroxyl groups is 2. The fraction of sp³-hybridized carbons (Fsp3) is 0.200. The Bertz CT molecular complexity index is 590. The minimum atomic E-state index is 0.264. The summed E-state index contributed by atoms with van der Waals surface area (Å²) in [4.78, 5) is 0. The molecule has 0 bridgehead atoms. The predicted octanol–water partition coefficient (Wildman–Crippen LogP) is 4.83. The zero-order valence-electron chi connectivity index (χ0n) is 10.7. The Labute approximate surface area is 129 Å². The van der Waals surface area contributed by atoms with Gasteiger partial charge in [0.2, 0.25) is 0 Å². The normalized spacial score (nSPS) is 10.7. The van der Waals surface area contributed by atoms with Gasteiger partial charge in [-0.2, -0.15) is 0 Å². The third-order valence-corrected chi connectivity index (χ3v) is 5.36. The van der Waals surface area contributed by atoms with E-state index in [9.17, 15) is 10.2 Å². The molecule has 19 heavy (non-hydrogen) atoms. The average Bonchev–Trinajstić information content (AvgIpc) is 2.41. The van der Waals surface area contributed by atoms with Gasteiger partial charge in [0, 0.05) is 20.1 Å². The summed E-state index contributed by atoms with van der Waals surface area (Å²) >= 11 is 7.10. The Kier molecular flexibility index (Phi) is 4.21. The first kappa shape index (κ1) is 14.4. The van der Waals surface area contributed by atoms with E-state index in [1.165, 1.54) is 0 Å². The second-order valence-electron chi connectivity index (χ2n) is 4.55. The van der Waals surface area contributed by atoms with Crippen molar-refractivity contribution in [1.82, 2.24) is 0 Å². The molecule has 2 aromatic rings. The third-order valence-electron chi connectivity index (χ3n) is 3.22. The molecule has 2 nitrogen and oxygen atoms in total. The third kappa shape index (κ3) is 2.79. The van der Waals surface area contributed by atoms with E-state index in [-0.39, 0.29) is 5.75 Å². The standard InChI is InChI=1S/C15H14Br2O2/c1-8-13(16)12(14(17)9(2)15(8)19)7-10-3-5-11(18)6-4-10/h3-6,18-19H,7H2,1-2H3. The van der Waals surface area contributed by atoms with E-state index in [0.29, 0.717) is 5.75 Å². The van der Waals surface area contributed by atoms with Crippen LogP contribution in [0.1, 0.15) is 22.3 Å². The second kappa shape index (κ2) is 5.55. The highest BCUT2D eigenvalue weighted by atomic mass is 79.9. The summed E-state index contributed by atoms with van der Waals surface area (Å²) in [6.45, 7) is 3.78. The molecule has 2 aromatic carbocycles. The van der Waals surface area contributed by atoms with E-state index in [0.717, 1.165) is 37.6 Å². The molecule has 0 radical (unpaired) electrons. The quantitative estimate of drug-likeness (QED) is 0.777. The van der Waals surface area contributed by atoms with Crippen molar-refractivity contribution in [3.63, 3.8) is 0 Å². The first-order valence-electron chi connectivity index (χ1n) is 5.85. The van der Waals surface area contributed by atoms with E-state index in [1.54, 1.807) is 12.1 Å². The molecular formula is C15H14Br2O2. The molecule has 0 unspecified atom stereocenters. The van der Waals surface area contributed by atoms with Crippen LogP contribution in [0.2, 0.25) is 0 Å². The molecule has 100 valence electrons. The summed E-state index contributed by atoms with van der Waals surface area (Å²) < 4.78 is 1.83. The summed E-state index contributed by atoms with van der Waals surface area (Å²) in [6.07, 6.45) is 0.726. The highest BCUT2D eigenvalue weighted by molar-refractivity contribution is 9.11. The molecule has 0 aliphatic carbocycles. The highest BCUT2D eigenvalue weighted by Crippen LogP contribution is 2.39. The zero-order valence-corrected chi connectivity index (χ0v) is 13.8. The van der Waals surface area contributed by atoms with Crippen LogP contribution >= 0.6 is 31.9 Å². The van der Waals surface area contributed by atoms with E-state index < -0.39 is 0 Å². The number of phenolic OH excluding ortho intramolecular Hbond substituents is 2. The molecule has 0 aromatic heterocycles. The molecule has 0 amide bonds. The topological polar surface area (TPSA) is 40.5 Å². The van der Waals surface area contributed by atoms with Crippen molar-refractivity contribution in [2.45, 2.75) is 20.3 Å². The minimum absolute atomic E-state index is 0.264. The van der Waals surface area contributed by atoms with Crippen LogP contribution in [0.5, 0.6) is 11.5 Å². The van der Waals surface area contributed by atoms with Crippen LogP contribution in [0.3, 0.4) is 0 Å². The van der Waals surface area contributed by atoms with Crippen molar-refractivity contribution < 1.29 is 10.2 Å². The van der Waals surface area contributed by atoms with Gasteiger partial charge in [-0.25, -0.2) is 0 Å². The maximum absolute atomic E-state index is 10.0. The van der Waals surface area contributed by atoms with Gasteiger partial charge >= 0.3 is 0 Å². The Hall–Kier alpha value is -1.00. The van der Waals surface area contributed by atoms with Crippen molar-refractivity contribution >= 4 is 31.9 Å². The maximum atomic E-state index is 10.0.